The first-order valence-corrected chi connectivity index (χ1v) is 10.6. The number of para-hydroxylation sites is 1. The van der Waals surface area contributed by atoms with E-state index in [4.69, 9.17) is 11.6 Å². The van der Waals surface area contributed by atoms with Crippen LogP contribution in [0, 0.1) is 5.92 Å². The number of aromatic nitrogens is 2. The highest BCUT2D eigenvalue weighted by molar-refractivity contribution is 6.32. The summed E-state index contributed by atoms with van der Waals surface area (Å²) in [5.74, 6) is 0.454. The largest absolute Gasteiger partial charge is 0.338 e. The minimum atomic E-state index is -0.296. The van der Waals surface area contributed by atoms with Crippen LogP contribution in [0.2, 0.25) is 5.02 Å². The van der Waals surface area contributed by atoms with Crippen molar-refractivity contribution < 1.29 is 9.59 Å². The van der Waals surface area contributed by atoms with Crippen LogP contribution >= 0.6 is 11.6 Å². The first-order chi connectivity index (χ1) is 14.0. The van der Waals surface area contributed by atoms with E-state index < -0.39 is 0 Å². The van der Waals surface area contributed by atoms with Gasteiger partial charge in [0.15, 0.2) is 0 Å². The van der Waals surface area contributed by atoms with E-state index in [0.29, 0.717) is 29.6 Å². The monoisotopic (exact) mass is 433 g/mol. The van der Waals surface area contributed by atoms with Crippen LogP contribution in [0.15, 0.2) is 30.3 Å². The van der Waals surface area contributed by atoms with Gasteiger partial charge < -0.3 is 15.5 Å². The number of carbonyl (C=O) groups is 2. The van der Waals surface area contributed by atoms with Crippen molar-refractivity contribution in [3.63, 3.8) is 0 Å². The zero-order chi connectivity index (χ0) is 22.5. The first kappa shape index (κ1) is 23.7. The second-order valence-corrected chi connectivity index (χ2v) is 9.09. The van der Waals surface area contributed by atoms with E-state index in [2.05, 4.69) is 36.5 Å². The molecule has 164 valence electrons. The molecular formula is C22H32ClN5O2. The number of anilines is 1. The lowest BCUT2D eigenvalue weighted by atomic mass is 9.92. The number of hydrogen-bond acceptors (Lipinski definition) is 3. The van der Waals surface area contributed by atoms with Gasteiger partial charge in [-0.1, -0.05) is 58.4 Å². The molecule has 1 aromatic heterocycles. The molecule has 0 bridgehead atoms. The average molecular weight is 434 g/mol. The van der Waals surface area contributed by atoms with E-state index in [1.54, 1.807) is 10.7 Å². The van der Waals surface area contributed by atoms with Crippen molar-refractivity contribution in [2.75, 3.05) is 25.0 Å². The molecule has 2 aromatic rings. The normalized spacial score (nSPS) is 11.5. The van der Waals surface area contributed by atoms with E-state index in [-0.39, 0.29) is 29.8 Å². The zero-order valence-corrected chi connectivity index (χ0v) is 19.4. The summed E-state index contributed by atoms with van der Waals surface area (Å²) in [4.78, 5) is 26.7. The molecule has 0 aliphatic heterocycles. The Bertz CT molecular complexity index is 886. The van der Waals surface area contributed by atoms with E-state index >= 15 is 0 Å². The van der Waals surface area contributed by atoms with E-state index in [1.807, 2.05) is 45.0 Å². The van der Waals surface area contributed by atoms with E-state index in [9.17, 15) is 9.59 Å². The fourth-order valence-corrected chi connectivity index (χ4v) is 3.14. The van der Waals surface area contributed by atoms with Crippen molar-refractivity contribution >= 4 is 29.4 Å². The number of amides is 3. The summed E-state index contributed by atoms with van der Waals surface area (Å²) in [6, 6.07) is 8.92. The molecule has 0 spiro atoms. The summed E-state index contributed by atoms with van der Waals surface area (Å²) in [6.07, 6.45) is 0. The minimum absolute atomic E-state index is 0.0530. The highest BCUT2D eigenvalue weighted by Gasteiger charge is 2.23. The molecule has 8 heteroatoms. The van der Waals surface area contributed by atoms with Crippen LogP contribution in [-0.2, 0) is 10.2 Å². The van der Waals surface area contributed by atoms with Crippen molar-refractivity contribution in [1.82, 2.24) is 20.0 Å². The summed E-state index contributed by atoms with van der Waals surface area (Å²) in [5, 5.41) is 10.9. The molecule has 7 nitrogen and oxygen atoms in total. The summed E-state index contributed by atoms with van der Waals surface area (Å²) >= 11 is 6.37. The van der Waals surface area contributed by atoms with Gasteiger partial charge in [0.2, 0.25) is 5.91 Å². The van der Waals surface area contributed by atoms with Gasteiger partial charge in [-0.15, -0.1) is 0 Å². The average Bonchev–Trinajstić information content (AvgIpc) is 3.05. The predicted octanol–water partition coefficient (Wildman–Crippen LogP) is 4.45. The molecule has 1 heterocycles. The Kier molecular flexibility index (Phi) is 7.89. The van der Waals surface area contributed by atoms with Crippen LogP contribution in [0.3, 0.4) is 0 Å². The first-order valence-electron chi connectivity index (χ1n) is 10.2. The lowest BCUT2D eigenvalue weighted by molar-refractivity contribution is -0.116. The molecule has 2 rings (SSSR count). The Morgan fingerprint density at radius 2 is 1.90 bits per heavy atom. The van der Waals surface area contributed by atoms with Crippen LogP contribution < -0.4 is 10.6 Å². The Hall–Kier alpha value is -2.54. The standard InChI is InChI=1S/C22H32ClN5O2/c1-7-24-21(30)27(13-15(2)3)14-20(29)25-19-12-18(22(4,5)6)26-28(19)17-11-9-8-10-16(17)23/h8-12,15H,7,13-14H2,1-6H3,(H,24,30)(H,25,29). The Morgan fingerprint density at radius 3 is 2.47 bits per heavy atom. The lowest BCUT2D eigenvalue weighted by Gasteiger charge is -2.24. The predicted molar refractivity (Wildman–Crippen MR) is 121 cm³/mol. The number of nitrogens with one attached hydrogen (secondary N) is 2. The molecule has 2 N–H and O–H groups in total. The molecule has 0 atom stereocenters. The van der Waals surface area contributed by atoms with Gasteiger partial charge in [-0.05, 0) is 25.0 Å². The number of hydrogen-bond donors (Lipinski definition) is 2. The van der Waals surface area contributed by atoms with Gasteiger partial charge in [0.25, 0.3) is 0 Å². The lowest BCUT2D eigenvalue weighted by Crippen LogP contribution is -2.45. The maximum absolute atomic E-state index is 12.8. The van der Waals surface area contributed by atoms with Crippen molar-refractivity contribution in [3.05, 3.63) is 41.0 Å². The molecule has 0 saturated heterocycles. The number of halogens is 1. The molecule has 0 fully saturated rings. The fraction of sp³-hybridized carbons (Fsp3) is 0.500. The molecule has 0 aliphatic carbocycles. The SMILES string of the molecule is CCNC(=O)N(CC(=O)Nc1cc(C(C)(C)C)nn1-c1ccccc1Cl)CC(C)C. The van der Waals surface area contributed by atoms with Gasteiger partial charge in [0, 0.05) is 24.6 Å². The van der Waals surface area contributed by atoms with Gasteiger partial charge >= 0.3 is 6.03 Å². The Balaban J connectivity index is 2.31. The maximum Gasteiger partial charge on any atom is 0.317 e. The third-order valence-electron chi connectivity index (χ3n) is 4.36. The van der Waals surface area contributed by atoms with Crippen molar-refractivity contribution in [1.29, 1.82) is 0 Å². The topological polar surface area (TPSA) is 79.3 Å². The minimum Gasteiger partial charge on any atom is -0.338 e. The van der Waals surface area contributed by atoms with Gasteiger partial charge in [0.05, 0.1) is 16.4 Å². The van der Waals surface area contributed by atoms with Crippen LogP contribution in [0.5, 0.6) is 0 Å². The number of urea groups is 1. The number of nitrogens with zero attached hydrogens (tertiary/aromatic N) is 3. The summed E-state index contributed by atoms with van der Waals surface area (Å²) in [6.45, 7) is 13.0. The Morgan fingerprint density at radius 1 is 1.23 bits per heavy atom. The smallest absolute Gasteiger partial charge is 0.317 e. The molecule has 0 unspecified atom stereocenters. The van der Waals surface area contributed by atoms with Crippen molar-refractivity contribution in [3.8, 4) is 5.69 Å². The van der Waals surface area contributed by atoms with Crippen molar-refractivity contribution in [2.24, 2.45) is 5.92 Å². The van der Waals surface area contributed by atoms with Crippen LogP contribution in [0.25, 0.3) is 5.69 Å². The zero-order valence-electron chi connectivity index (χ0n) is 18.6. The molecule has 0 saturated carbocycles. The molecular weight excluding hydrogens is 402 g/mol. The molecule has 1 aromatic carbocycles. The highest BCUT2D eigenvalue weighted by Crippen LogP contribution is 2.29. The summed E-state index contributed by atoms with van der Waals surface area (Å²) in [7, 11) is 0. The molecule has 3 amide bonds. The number of carbonyl (C=O) groups excluding carboxylic acids is 2. The fourth-order valence-electron chi connectivity index (χ4n) is 2.92. The van der Waals surface area contributed by atoms with Gasteiger partial charge in [-0.3, -0.25) is 4.79 Å². The molecule has 0 aliphatic rings. The quantitative estimate of drug-likeness (QED) is 0.677. The number of rotatable bonds is 7. The second kappa shape index (κ2) is 9.98. The Labute approximate surface area is 183 Å². The molecule has 0 radical (unpaired) electrons. The second-order valence-electron chi connectivity index (χ2n) is 8.69. The van der Waals surface area contributed by atoms with Gasteiger partial charge in [-0.2, -0.15) is 5.10 Å². The van der Waals surface area contributed by atoms with Crippen LogP contribution in [0.4, 0.5) is 10.6 Å². The number of benzene rings is 1. The van der Waals surface area contributed by atoms with Crippen molar-refractivity contribution in [2.45, 2.75) is 47.0 Å². The van der Waals surface area contributed by atoms with Crippen LogP contribution in [-0.4, -0.2) is 46.3 Å². The summed E-state index contributed by atoms with van der Waals surface area (Å²) in [5.41, 5.74) is 1.28. The molecule has 30 heavy (non-hydrogen) atoms. The van der Waals surface area contributed by atoms with Gasteiger partial charge in [0.1, 0.15) is 12.4 Å². The third-order valence-corrected chi connectivity index (χ3v) is 4.68. The highest BCUT2D eigenvalue weighted by atomic mass is 35.5. The maximum atomic E-state index is 12.8. The third kappa shape index (κ3) is 6.23. The van der Waals surface area contributed by atoms with E-state index in [0.717, 1.165) is 5.69 Å². The van der Waals surface area contributed by atoms with Gasteiger partial charge in [-0.25, -0.2) is 9.48 Å². The van der Waals surface area contributed by atoms with Crippen LogP contribution in [0.1, 0.15) is 47.2 Å². The summed E-state index contributed by atoms with van der Waals surface area (Å²) < 4.78 is 1.64. The van der Waals surface area contributed by atoms with E-state index in [1.165, 1.54) is 4.90 Å².